The molecule has 2 aromatic carbocycles. The van der Waals surface area contributed by atoms with E-state index in [2.05, 4.69) is 26.5 Å². The van der Waals surface area contributed by atoms with Crippen molar-refractivity contribution in [1.82, 2.24) is 5.43 Å². The molecule has 132 valence electrons. The predicted octanol–water partition coefficient (Wildman–Crippen LogP) is 6.43. The van der Waals surface area contributed by atoms with Crippen LogP contribution in [0.3, 0.4) is 0 Å². The Morgan fingerprint density at radius 2 is 1.81 bits per heavy atom. The fourth-order valence-electron chi connectivity index (χ4n) is 2.13. The van der Waals surface area contributed by atoms with E-state index in [9.17, 15) is 4.79 Å². The number of benzene rings is 2. The third kappa shape index (κ3) is 4.48. The van der Waals surface area contributed by atoms with E-state index in [1.165, 1.54) is 6.21 Å². The van der Waals surface area contributed by atoms with Gasteiger partial charge in [0, 0.05) is 15.6 Å². The van der Waals surface area contributed by atoms with Gasteiger partial charge in [-0.05, 0) is 42.5 Å². The van der Waals surface area contributed by atoms with Crippen molar-refractivity contribution in [3.05, 3.63) is 79.4 Å². The van der Waals surface area contributed by atoms with Gasteiger partial charge in [-0.25, -0.2) is 5.43 Å². The minimum absolute atomic E-state index is 0.332. The number of amides is 1. The fraction of sp³-hybridized carbons (Fsp3) is 0. The summed E-state index contributed by atoms with van der Waals surface area (Å²) < 4.78 is 6.47. The molecule has 8 heteroatoms. The second-order valence-electron chi connectivity index (χ2n) is 5.16. The van der Waals surface area contributed by atoms with Crippen molar-refractivity contribution < 1.29 is 9.21 Å². The average Bonchev–Trinajstić information content (AvgIpc) is 3.06. The van der Waals surface area contributed by atoms with Crippen LogP contribution in [0.15, 0.2) is 62.5 Å². The molecule has 4 nitrogen and oxygen atoms in total. The van der Waals surface area contributed by atoms with Gasteiger partial charge in [-0.3, -0.25) is 4.79 Å². The zero-order valence-electron chi connectivity index (χ0n) is 13.0. The highest BCUT2D eigenvalue weighted by Crippen LogP contribution is 2.35. The molecule has 3 rings (SSSR count). The summed E-state index contributed by atoms with van der Waals surface area (Å²) in [6, 6.07) is 13.6. The maximum absolute atomic E-state index is 12.0. The van der Waals surface area contributed by atoms with Crippen LogP contribution in [0.2, 0.25) is 15.1 Å². The van der Waals surface area contributed by atoms with Crippen molar-refractivity contribution in [3.8, 4) is 11.3 Å². The number of hydrazone groups is 1. The summed E-state index contributed by atoms with van der Waals surface area (Å²) in [5.41, 5.74) is 3.53. The lowest BCUT2D eigenvalue weighted by Crippen LogP contribution is -2.17. The highest BCUT2D eigenvalue weighted by Gasteiger charge is 2.11. The number of rotatable bonds is 4. The fourth-order valence-corrected chi connectivity index (χ4v) is 3.17. The molecule has 0 bridgehead atoms. The van der Waals surface area contributed by atoms with E-state index in [-0.39, 0.29) is 5.91 Å². The number of hydrogen-bond donors (Lipinski definition) is 1. The molecule has 0 radical (unpaired) electrons. The first-order valence-electron chi connectivity index (χ1n) is 7.28. The van der Waals surface area contributed by atoms with E-state index in [0.29, 0.717) is 37.7 Å². The quantitative estimate of drug-likeness (QED) is 0.270. The molecule has 1 heterocycles. The molecular weight excluding hydrogens is 462 g/mol. The average molecular weight is 473 g/mol. The first-order chi connectivity index (χ1) is 12.4. The first kappa shape index (κ1) is 19.0. The lowest BCUT2D eigenvalue weighted by atomic mass is 10.2. The number of hydrogen-bond acceptors (Lipinski definition) is 3. The van der Waals surface area contributed by atoms with E-state index in [1.807, 2.05) is 6.07 Å². The molecule has 26 heavy (non-hydrogen) atoms. The van der Waals surface area contributed by atoms with Crippen molar-refractivity contribution in [1.29, 1.82) is 0 Å². The summed E-state index contributed by atoms with van der Waals surface area (Å²) in [5.74, 6) is 0.617. The van der Waals surface area contributed by atoms with Crippen molar-refractivity contribution in [2.75, 3.05) is 0 Å². The van der Waals surface area contributed by atoms with Gasteiger partial charge in [-0.1, -0.05) is 56.8 Å². The topological polar surface area (TPSA) is 54.6 Å². The summed E-state index contributed by atoms with van der Waals surface area (Å²) in [6.45, 7) is 0. The molecule has 1 aromatic heterocycles. The van der Waals surface area contributed by atoms with Gasteiger partial charge >= 0.3 is 0 Å². The Kier molecular flexibility index (Phi) is 6.04. The molecule has 0 fully saturated rings. The summed E-state index contributed by atoms with van der Waals surface area (Å²) >= 11 is 21.4. The van der Waals surface area contributed by atoms with Gasteiger partial charge in [0.25, 0.3) is 5.91 Å². The van der Waals surface area contributed by atoms with Crippen LogP contribution in [0, 0.1) is 0 Å². The second kappa shape index (κ2) is 8.27. The van der Waals surface area contributed by atoms with Crippen LogP contribution in [0.4, 0.5) is 0 Å². The van der Waals surface area contributed by atoms with Crippen LogP contribution in [-0.4, -0.2) is 12.1 Å². The smallest absolute Gasteiger partial charge is 0.271 e. The largest absolute Gasteiger partial charge is 0.455 e. The van der Waals surface area contributed by atoms with Crippen LogP contribution in [-0.2, 0) is 0 Å². The summed E-state index contributed by atoms with van der Waals surface area (Å²) in [5, 5.41) is 5.05. The standard InChI is InChI=1S/C18H10BrCl3N2O2/c19-11-3-1-2-10(6-11)18(25)24-23-9-12-4-5-17(26-12)13-7-15(21)16(22)8-14(13)20/h1-9H,(H,24,25). The summed E-state index contributed by atoms with van der Waals surface area (Å²) in [6.07, 6.45) is 1.39. The van der Waals surface area contributed by atoms with Gasteiger partial charge in [0.15, 0.2) is 0 Å². The third-order valence-corrected chi connectivity index (χ3v) is 4.88. The number of nitrogens with zero attached hydrogens (tertiary/aromatic N) is 1. The van der Waals surface area contributed by atoms with Crippen molar-refractivity contribution in [2.24, 2.45) is 5.10 Å². The van der Waals surface area contributed by atoms with Gasteiger partial charge < -0.3 is 4.42 Å². The van der Waals surface area contributed by atoms with Crippen LogP contribution in [0.5, 0.6) is 0 Å². The van der Waals surface area contributed by atoms with Gasteiger partial charge in [0.1, 0.15) is 11.5 Å². The molecule has 0 aliphatic rings. The molecule has 0 unspecified atom stereocenters. The molecule has 0 aliphatic carbocycles. The Morgan fingerprint density at radius 3 is 2.58 bits per heavy atom. The molecule has 0 atom stereocenters. The number of halogens is 4. The number of carbonyl (C=O) groups excluding carboxylic acids is 1. The lowest BCUT2D eigenvalue weighted by Gasteiger charge is -2.03. The Morgan fingerprint density at radius 1 is 1.04 bits per heavy atom. The normalized spacial score (nSPS) is 11.1. The number of carbonyl (C=O) groups is 1. The van der Waals surface area contributed by atoms with Crippen molar-refractivity contribution >= 4 is 62.9 Å². The van der Waals surface area contributed by atoms with Crippen LogP contribution in [0.25, 0.3) is 11.3 Å². The SMILES string of the molecule is O=C(NN=Cc1ccc(-c2cc(Cl)c(Cl)cc2Cl)o1)c1cccc(Br)c1. The van der Waals surface area contributed by atoms with Gasteiger partial charge in [0.2, 0.25) is 0 Å². The Hall–Kier alpha value is -1.79. The first-order valence-corrected chi connectivity index (χ1v) is 9.20. The van der Waals surface area contributed by atoms with Gasteiger partial charge in [0.05, 0.1) is 21.3 Å². The Labute approximate surface area is 172 Å². The summed E-state index contributed by atoms with van der Waals surface area (Å²) in [7, 11) is 0. The minimum Gasteiger partial charge on any atom is -0.455 e. The van der Waals surface area contributed by atoms with E-state index < -0.39 is 0 Å². The number of nitrogens with one attached hydrogen (secondary N) is 1. The molecule has 0 saturated carbocycles. The molecule has 0 spiro atoms. The lowest BCUT2D eigenvalue weighted by molar-refractivity contribution is 0.0955. The minimum atomic E-state index is -0.332. The monoisotopic (exact) mass is 470 g/mol. The molecule has 1 N–H and O–H groups in total. The highest BCUT2D eigenvalue weighted by molar-refractivity contribution is 9.10. The second-order valence-corrected chi connectivity index (χ2v) is 7.29. The van der Waals surface area contributed by atoms with Crippen LogP contribution < -0.4 is 5.43 Å². The summed E-state index contributed by atoms with van der Waals surface area (Å²) in [4.78, 5) is 12.0. The molecule has 0 aliphatic heterocycles. The van der Waals surface area contributed by atoms with Crippen molar-refractivity contribution in [3.63, 3.8) is 0 Å². The third-order valence-electron chi connectivity index (χ3n) is 3.35. The van der Waals surface area contributed by atoms with E-state index >= 15 is 0 Å². The van der Waals surface area contributed by atoms with E-state index in [0.717, 1.165) is 4.47 Å². The molecule has 0 saturated heterocycles. The zero-order chi connectivity index (χ0) is 18.7. The van der Waals surface area contributed by atoms with Gasteiger partial charge in [-0.15, -0.1) is 0 Å². The highest BCUT2D eigenvalue weighted by atomic mass is 79.9. The molecule has 1 amide bonds. The number of furan rings is 1. The van der Waals surface area contributed by atoms with Crippen LogP contribution >= 0.6 is 50.7 Å². The van der Waals surface area contributed by atoms with E-state index in [4.69, 9.17) is 39.2 Å². The Balaban J connectivity index is 1.72. The van der Waals surface area contributed by atoms with Gasteiger partial charge in [-0.2, -0.15) is 5.10 Å². The van der Waals surface area contributed by atoms with Crippen LogP contribution in [0.1, 0.15) is 16.1 Å². The molecular formula is C18H10BrCl3N2O2. The van der Waals surface area contributed by atoms with E-state index in [1.54, 1.807) is 42.5 Å². The Bertz CT molecular complexity index is 1000. The predicted molar refractivity (Wildman–Crippen MR) is 108 cm³/mol. The zero-order valence-corrected chi connectivity index (χ0v) is 16.8. The van der Waals surface area contributed by atoms with Crippen molar-refractivity contribution in [2.45, 2.75) is 0 Å². The molecule has 3 aromatic rings. The maximum Gasteiger partial charge on any atom is 0.271 e. The maximum atomic E-state index is 12.0.